The zero-order chi connectivity index (χ0) is 27.1. The molecule has 40 heavy (non-hydrogen) atoms. The Balaban J connectivity index is 1.22. The van der Waals surface area contributed by atoms with Crippen LogP contribution < -0.4 is 5.69 Å². The van der Waals surface area contributed by atoms with E-state index in [-0.39, 0.29) is 11.7 Å². The standard InChI is InChI=1S/C35H38N4O/c40-35-36-33-18-10-11-19-34(33)39(35)31-20-22-37(23-21-31)27-32(24-28-12-4-1-5-13-28)38(25-29-14-6-2-7-15-29)26-30-16-8-3-9-17-30/h1-19,31-32H,20-27H2,(H,36,40)/t32-/m0/s1. The summed E-state index contributed by atoms with van der Waals surface area (Å²) < 4.78 is 1.99. The number of aromatic amines is 1. The predicted molar refractivity (Wildman–Crippen MR) is 163 cm³/mol. The van der Waals surface area contributed by atoms with Gasteiger partial charge in [0, 0.05) is 44.8 Å². The van der Waals surface area contributed by atoms with Gasteiger partial charge in [-0.15, -0.1) is 0 Å². The molecule has 1 N–H and O–H groups in total. The van der Waals surface area contributed by atoms with Crippen LogP contribution in [-0.4, -0.2) is 45.0 Å². The molecule has 5 heteroatoms. The van der Waals surface area contributed by atoms with Crippen molar-refractivity contribution < 1.29 is 0 Å². The lowest BCUT2D eigenvalue weighted by Crippen LogP contribution is -2.47. The highest BCUT2D eigenvalue weighted by Gasteiger charge is 2.28. The number of piperidine rings is 1. The van der Waals surface area contributed by atoms with Crippen LogP contribution in [0.25, 0.3) is 11.0 Å². The molecule has 0 aliphatic carbocycles. The van der Waals surface area contributed by atoms with Crippen LogP contribution in [0, 0.1) is 0 Å². The van der Waals surface area contributed by atoms with Crippen LogP contribution in [-0.2, 0) is 19.5 Å². The van der Waals surface area contributed by atoms with Crippen LogP contribution in [0.5, 0.6) is 0 Å². The zero-order valence-corrected chi connectivity index (χ0v) is 23.0. The van der Waals surface area contributed by atoms with Gasteiger partial charge < -0.3 is 9.88 Å². The quantitative estimate of drug-likeness (QED) is 0.231. The molecule has 0 unspecified atom stereocenters. The average Bonchev–Trinajstić information content (AvgIpc) is 3.34. The molecule has 1 aliphatic heterocycles. The normalized spacial score (nSPS) is 15.5. The van der Waals surface area contributed by atoms with Gasteiger partial charge in [-0.2, -0.15) is 0 Å². The first-order valence-corrected chi connectivity index (χ1v) is 14.5. The molecular weight excluding hydrogens is 492 g/mol. The van der Waals surface area contributed by atoms with Gasteiger partial charge in [-0.05, 0) is 48.1 Å². The maximum atomic E-state index is 12.8. The lowest BCUT2D eigenvalue weighted by molar-refractivity contribution is 0.102. The second-order valence-electron chi connectivity index (χ2n) is 11.1. The van der Waals surface area contributed by atoms with E-state index in [4.69, 9.17) is 0 Å². The molecule has 2 heterocycles. The van der Waals surface area contributed by atoms with E-state index < -0.39 is 0 Å². The molecule has 0 bridgehead atoms. The molecule has 0 spiro atoms. The number of rotatable bonds is 10. The van der Waals surface area contributed by atoms with Gasteiger partial charge in [-0.1, -0.05) is 103 Å². The van der Waals surface area contributed by atoms with E-state index in [1.807, 2.05) is 22.8 Å². The van der Waals surface area contributed by atoms with Crippen molar-refractivity contribution in [3.63, 3.8) is 0 Å². The molecule has 1 aromatic heterocycles. The summed E-state index contributed by atoms with van der Waals surface area (Å²) in [6, 6.07) is 41.2. The molecule has 0 radical (unpaired) electrons. The van der Waals surface area contributed by atoms with Crippen molar-refractivity contribution in [1.82, 2.24) is 19.4 Å². The molecule has 5 nitrogen and oxygen atoms in total. The largest absolute Gasteiger partial charge is 0.326 e. The number of imidazole rings is 1. The van der Waals surface area contributed by atoms with Crippen LogP contribution in [0.15, 0.2) is 120 Å². The van der Waals surface area contributed by atoms with E-state index in [1.165, 1.54) is 16.7 Å². The Morgan fingerprint density at radius 2 is 1.23 bits per heavy atom. The summed E-state index contributed by atoms with van der Waals surface area (Å²) >= 11 is 0. The molecule has 1 fully saturated rings. The highest BCUT2D eigenvalue weighted by atomic mass is 16.1. The third-order valence-electron chi connectivity index (χ3n) is 8.30. The van der Waals surface area contributed by atoms with Crippen molar-refractivity contribution in [2.24, 2.45) is 0 Å². The van der Waals surface area contributed by atoms with Crippen LogP contribution in [0.3, 0.4) is 0 Å². The summed E-state index contributed by atoms with van der Waals surface area (Å²) in [6.45, 7) is 4.81. The number of para-hydroxylation sites is 2. The fourth-order valence-electron chi connectivity index (χ4n) is 6.24. The van der Waals surface area contributed by atoms with Crippen LogP contribution in [0.4, 0.5) is 0 Å². The number of benzene rings is 4. The smallest absolute Gasteiger partial charge is 0.306 e. The number of nitrogens with zero attached hydrogens (tertiary/aromatic N) is 3. The second-order valence-corrected chi connectivity index (χ2v) is 11.1. The highest BCUT2D eigenvalue weighted by molar-refractivity contribution is 5.75. The second kappa shape index (κ2) is 12.5. The van der Waals surface area contributed by atoms with Gasteiger partial charge in [0.2, 0.25) is 0 Å². The Kier molecular flexibility index (Phi) is 8.22. The van der Waals surface area contributed by atoms with Crippen molar-refractivity contribution in [2.75, 3.05) is 19.6 Å². The minimum atomic E-state index is 0.0125. The lowest BCUT2D eigenvalue weighted by Gasteiger charge is -2.39. The Morgan fingerprint density at radius 3 is 1.82 bits per heavy atom. The van der Waals surface area contributed by atoms with Gasteiger partial charge >= 0.3 is 5.69 Å². The van der Waals surface area contributed by atoms with E-state index in [0.717, 1.165) is 63.0 Å². The highest BCUT2D eigenvalue weighted by Crippen LogP contribution is 2.26. The SMILES string of the molecule is O=c1[nH]c2ccccc2n1C1CCN(C[C@H](Cc2ccccc2)N(Cc2ccccc2)Cc2ccccc2)CC1. The van der Waals surface area contributed by atoms with E-state index in [9.17, 15) is 4.79 Å². The van der Waals surface area contributed by atoms with Gasteiger partial charge in [0.1, 0.15) is 0 Å². The molecule has 6 rings (SSSR count). The van der Waals surface area contributed by atoms with Crippen molar-refractivity contribution in [3.8, 4) is 0 Å². The van der Waals surface area contributed by atoms with E-state index in [1.54, 1.807) is 0 Å². The van der Waals surface area contributed by atoms with Crippen LogP contribution in [0.1, 0.15) is 35.6 Å². The molecule has 1 aliphatic rings. The minimum absolute atomic E-state index is 0.0125. The third-order valence-corrected chi connectivity index (χ3v) is 8.30. The molecule has 0 amide bonds. The fraction of sp³-hybridized carbons (Fsp3) is 0.286. The zero-order valence-electron chi connectivity index (χ0n) is 23.0. The number of likely N-dealkylation sites (tertiary alicyclic amines) is 1. The third kappa shape index (κ3) is 6.27. The molecule has 4 aromatic carbocycles. The Bertz CT molecular complexity index is 1490. The molecule has 1 atom stereocenters. The monoisotopic (exact) mass is 530 g/mol. The summed E-state index contributed by atoms with van der Waals surface area (Å²) in [4.78, 5) is 21.1. The molecule has 1 saturated heterocycles. The van der Waals surface area contributed by atoms with Crippen LogP contribution >= 0.6 is 0 Å². The number of nitrogens with one attached hydrogen (secondary N) is 1. The number of hydrogen-bond acceptors (Lipinski definition) is 3. The maximum absolute atomic E-state index is 12.8. The molecular formula is C35H38N4O. The van der Waals surface area contributed by atoms with Crippen molar-refractivity contribution in [1.29, 1.82) is 0 Å². The van der Waals surface area contributed by atoms with Crippen LogP contribution in [0.2, 0.25) is 0 Å². The van der Waals surface area contributed by atoms with Crippen molar-refractivity contribution in [3.05, 3.63) is 142 Å². The number of H-pyrrole nitrogens is 1. The minimum Gasteiger partial charge on any atom is -0.306 e. The van der Waals surface area contributed by atoms with Crippen molar-refractivity contribution in [2.45, 2.75) is 44.4 Å². The van der Waals surface area contributed by atoms with Gasteiger partial charge in [0.15, 0.2) is 0 Å². The first kappa shape index (κ1) is 26.3. The summed E-state index contributed by atoms with van der Waals surface area (Å²) in [5, 5.41) is 0. The maximum Gasteiger partial charge on any atom is 0.326 e. The van der Waals surface area contributed by atoms with Gasteiger partial charge in [-0.3, -0.25) is 9.47 Å². The first-order valence-electron chi connectivity index (χ1n) is 14.5. The summed E-state index contributed by atoms with van der Waals surface area (Å²) in [6.07, 6.45) is 2.97. The molecule has 5 aromatic rings. The van der Waals surface area contributed by atoms with E-state index in [2.05, 4.69) is 112 Å². The molecule has 204 valence electrons. The average molecular weight is 531 g/mol. The fourth-order valence-corrected chi connectivity index (χ4v) is 6.24. The topological polar surface area (TPSA) is 44.3 Å². The van der Waals surface area contributed by atoms with Gasteiger partial charge in [-0.25, -0.2) is 4.79 Å². The van der Waals surface area contributed by atoms with E-state index >= 15 is 0 Å². The lowest BCUT2D eigenvalue weighted by atomic mass is 9.99. The first-order chi connectivity index (χ1) is 19.7. The number of fused-ring (bicyclic) bond motifs is 1. The number of aromatic nitrogens is 2. The summed E-state index contributed by atoms with van der Waals surface area (Å²) in [5.74, 6) is 0. The Hall–Kier alpha value is -3.93. The Labute approximate surface area is 236 Å². The van der Waals surface area contributed by atoms with Gasteiger partial charge in [0.05, 0.1) is 11.0 Å². The predicted octanol–water partition coefficient (Wildman–Crippen LogP) is 6.28. The summed E-state index contributed by atoms with van der Waals surface area (Å²) in [7, 11) is 0. The van der Waals surface area contributed by atoms with Gasteiger partial charge in [0.25, 0.3) is 0 Å². The molecule has 0 saturated carbocycles. The summed E-state index contributed by atoms with van der Waals surface area (Å²) in [5.41, 5.74) is 6.01. The number of hydrogen-bond donors (Lipinski definition) is 1. The van der Waals surface area contributed by atoms with E-state index in [0.29, 0.717) is 6.04 Å². The van der Waals surface area contributed by atoms with Crippen molar-refractivity contribution >= 4 is 11.0 Å². The Morgan fingerprint density at radius 1 is 0.700 bits per heavy atom.